The number of hydrogen-bond donors (Lipinski definition) is 2. The molecule has 1 aromatic carbocycles. The van der Waals surface area contributed by atoms with E-state index in [0.717, 1.165) is 10.1 Å². The number of thiophene rings is 1. The minimum Gasteiger partial charge on any atom is -0.466 e. The van der Waals surface area contributed by atoms with Gasteiger partial charge in [0.05, 0.1) is 11.5 Å². The molecule has 0 spiro atoms. The third-order valence-electron chi connectivity index (χ3n) is 2.57. The van der Waals surface area contributed by atoms with Crippen LogP contribution in [0.1, 0.15) is 23.0 Å². The molecule has 0 radical (unpaired) electrons. The Morgan fingerprint density at radius 1 is 1.19 bits per heavy atom. The number of nitrogens with one attached hydrogen (secondary N) is 2. The molecule has 6 nitrogen and oxygen atoms in total. The van der Waals surface area contributed by atoms with Crippen LogP contribution in [0.3, 0.4) is 0 Å². The van der Waals surface area contributed by atoms with Gasteiger partial charge in [0.2, 0.25) is 5.91 Å². The van der Waals surface area contributed by atoms with Gasteiger partial charge in [-0.15, -0.1) is 11.3 Å². The number of amides is 2. The summed E-state index contributed by atoms with van der Waals surface area (Å²) >= 11 is 1.32. The molecule has 2 rings (SSSR count). The van der Waals surface area contributed by atoms with Crippen LogP contribution < -0.4 is 10.9 Å². The van der Waals surface area contributed by atoms with E-state index in [4.69, 9.17) is 0 Å². The fourth-order valence-electron chi connectivity index (χ4n) is 1.67. The number of benzene rings is 1. The van der Waals surface area contributed by atoms with Crippen LogP contribution in [0.4, 0.5) is 0 Å². The van der Waals surface area contributed by atoms with Crippen LogP contribution in [0.2, 0.25) is 0 Å². The topological polar surface area (TPSA) is 84.5 Å². The first-order valence-electron chi connectivity index (χ1n) is 6.33. The quantitative estimate of drug-likeness (QED) is 0.510. The molecule has 0 fully saturated rings. The molecule has 1 aromatic heterocycles. The number of hydrogen-bond acceptors (Lipinski definition) is 5. The molecule has 0 unspecified atom stereocenters. The Kier molecular flexibility index (Phi) is 4.89. The van der Waals surface area contributed by atoms with Crippen molar-refractivity contribution < 1.29 is 19.1 Å². The maximum Gasteiger partial charge on any atom is 0.315 e. The largest absolute Gasteiger partial charge is 0.466 e. The van der Waals surface area contributed by atoms with Crippen LogP contribution >= 0.6 is 11.3 Å². The lowest BCUT2D eigenvalue weighted by Crippen LogP contribution is -2.42. The highest BCUT2D eigenvalue weighted by Gasteiger charge is 2.13. The molecule has 7 heteroatoms. The maximum atomic E-state index is 11.9. The summed E-state index contributed by atoms with van der Waals surface area (Å²) in [4.78, 5) is 34.9. The molecule has 0 saturated carbocycles. The molecule has 2 amide bonds. The SMILES string of the molecule is CCOC(=O)CC(=O)NNC(=O)c1cc2ccccc2s1. The van der Waals surface area contributed by atoms with Crippen molar-refractivity contribution in [2.45, 2.75) is 13.3 Å². The number of carbonyl (C=O) groups is 3. The summed E-state index contributed by atoms with van der Waals surface area (Å²) in [5, 5.41) is 0.963. The first-order chi connectivity index (χ1) is 10.1. The summed E-state index contributed by atoms with van der Waals surface area (Å²) in [5.41, 5.74) is 4.45. The van der Waals surface area contributed by atoms with E-state index in [1.807, 2.05) is 24.3 Å². The molecule has 0 atom stereocenters. The van der Waals surface area contributed by atoms with E-state index >= 15 is 0 Å². The zero-order valence-electron chi connectivity index (χ0n) is 11.3. The fraction of sp³-hybridized carbons (Fsp3) is 0.214. The normalized spacial score (nSPS) is 10.1. The van der Waals surface area contributed by atoms with Crippen LogP contribution in [0.5, 0.6) is 0 Å². The van der Waals surface area contributed by atoms with Gasteiger partial charge in [-0.3, -0.25) is 25.2 Å². The van der Waals surface area contributed by atoms with Crippen molar-refractivity contribution in [2.24, 2.45) is 0 Å². The highest BCUT2D eigenvalue weighted by Crippen LogP contribution is 2.24. The molecule has 2 N–H and O–H groups in total. The van der Waals surface area contributed by atoms with Gasteiger partial charge in [-0.2, -0.15) is 0 Å². The van der Waals surface area contributed by atoms with Gasteiger partial charge >= 0.3 is 5.97 Å². The van der Waals surface area contributed by atoms with Crippen molar-refractivity contribution in [1.29, 1.82) is 0 Å². The number of ether oxygens (including phenoxy) is 1. The minimum absolute atomic E-state index is 0.209. The summed E-state index contributed by atoms with van der Waals surface area (Å²) in [6.45, 7) is 1.86. The molecule has 21 heavy (non-hydrogen) atoms. The molecule has 110 valence electrons. The molecule has 2 aromatic rings. The first-order valence-corrected chi connectivity index (χ1v) is 7.15. The lowest BCUT2D eigenvalue weighted by molar-refractivity contribution is -0.146. The van der Waals surface area contributed by atoms with Gasteiger partial charge in [-0.25, -0.2) is 0 Å². The zero-order valence-corrected chi connectivity index (χ0v) is 12.2. The van der Waals surface area contributed by atoms with E-state index in [-0.39, 0.29) is 6.61 Å². The van der Waals surface area contributed by atoms with Gasteiger partial charge < -0.3 is 4.74 Å². The van der Waals surface area contributed by atoms with Crippen molar-refractivity contribution in [2.75, 3.05) is 6.61 Å². The van der Waals surface area contributed by atoms with E-state index in [2.05, 4.69) is 15.6 Å². The second-order valence-corrected chi connectivity index (χ2v) is 5.22. The fourth-order valence-corrected chi connectivity index (χ4v) is 2.63. The van der Waals surface area contributed by atoms with Gasteiger partial charge in [-0.05, 0) is 24.4 Å². The zero-order chi connectivity index (χ0) is 15.2. The molecule has 0 aliphatic rings. The van der Waals surface area contributed by atoms with Crippen LogP contribution in [-0.4, -0.2) is 24.4 Å². The standard InChI is InChI=1S/C14H14N2O4S/c1-2-20-13(18)8-12(17)15-16-14(19)11-7-9-5-3-4-6-10(9)21-11/h3-7H,2,8H2,1H3,(H,15,17)(H,16,19). The van der Waals surface area contributed by atoms with Crippen molar-refractivity contribution in [3.05, 3.63) is 35.2 Å². The highest BCUT2D eigenvalue weighted by molar-refractivity contribution is 7.20. The number of esters is 1. The predicted octanol–water partition coefficient (Wildman–Crippen LogP) is 1.62. The average molecular weight is 306 g/mol. The third kappa shape index (κ3) is 4.03. The summed E-state index contributed by atoms with van der Waals surface area (Å²) in [6.07, 6.45) is -0.430. The Bertz CT molecular complexity index is 647. The predicted molar refractivity (Wildman–Crippen MR) is 78.7 cm³/mol. The van der Waals surface area contributed by atoms with E-state index < -0.39 is 24.2 Å². The summed E-state index contributed by atoms with van der Waals surface area (Å²) in [6, 6.07) is 9.34. The Morgan fingerprint density at radius 2 is 1.95 bits per heavy atom. The first kappa shape index (κ1) is 15.0. The molecule has 0 aliphatic carbocycles. The summed E-state index contributed by atoms with van der Waals surface area (Å²) < 4.78 is 5.62. The number of rotatable bonds is 4. The lowest BCUT2D eigenvalue weighted by atomic mass is 10.2. The van der Waals surface area contributed by atoms with Gasteiger partial charge in [0.25, 0.3) is 5.91 Å². The van der Waals surface area contributed by atoms with E-state index in [1.165, 1.54) is 11.3 Å². The van der Waals surface area contributed by atoms with Gasteiger partial charge in [0.15, 0.2) is 0 Å². The summed E-state index contributed by atoms with van der Waals surface area (Å²) in [7, 11) is 0. The Morgan fingerprint density at radius 3 is 2.67 bits per heavy atom. The van der Waals surface area contributed by atoms with Crippen LogP contribution in [0.15, 0.2) is 30.3 Å². The van der Waals surface area contributed by atoms with Crippen LogP contribution in [0, 0.1) is 0 Å². The molecular weight excluding hydrogens is 292 g/mol. The third-order valence-corrected chi connectivity index (χ3v) is 3.69. The lowest BCUT2D eigenvalue weighted by Gasteiger charge is -2.05. The maximum absolute atomic E-state index is 11.9. The van der Waals surface area contributed by atoms with Crippen LogP contribution in [0.25, 0.3) is 10.1 Å². The average Bonchev–Trinajstić information content (AvgIpc) is 2.89. The Hall–Kier alpha value is -2.41. The summed E-state index contributed by atoms with van der Waals surface area (Å²) in [5.74, 6) is -1.68. The smallest absolute Gasteiger partial charge is 0.315 e. The van der Waals surface area contributed by atoms with Gasteiger partial charge in [0.1, 0.15) is 6.42 Å². The molecule has 0 aliphatic heterocycles. The monoisotopic (exact) mass is 306 g/mol. The van der Waals surface area contributed by atoms with E-state index in [0.29, 0.717) is 4.88 Å². The van der Waals surface area contributed by atoms with Crippen molar-refractivity contribution in [3.8, 4) is 0 Å². The second kappa shape index (κ2) is 6.85. The number of fused-ring (bicyclic) bond motifs is 1. The number of hydrazine groups is 1. The van der Waals surface area contributed by atoms with Crippen molar-refractivity contribution >= 4 is 39.2 Å². The molecule has 0 bridgehead atoms. The van der Waals surface area contributed by atoms with E-state index in [9.17, 15) is 14.4 Å². The Labute approximate surface area is 125 Å². The molecule has 0 saturated heterocycles. The molecular formula is C14H14N2O4S. The van der Waals surface area contributed by atoms with Crippen LogP contribution in [-0.2, 0) is 14.3 Å². The highest BCUT2D eigenvalue weighted by atomic mass is 32.1. The van der Waals surface area contributed by atoms with Crippen molar-refractivity contribution in [3.63, 3.8) is 0 Å². The minimum atomic E-state index is -0.633. The Balaban J connectivity index is 1.89. The van der Waals surface area contributed by atoms with Gasteiger partial charge in [-0.1, -0.05) is 18.2 Å². The van der Waals surface area contributed by atoms with Gasteiger partial charge in [0, 0.05) is 4.70 Å². The van der Waals surface area contributed by atoms with E-state index in [1.54, 1.807) is 13.0 Å². The molecule has 1 heterocycles. The number of carbonyl (C=O) groups excluding carboxylic acids is 3. The second-order valence-electron chi connectivity index (χ2n) is 4.13. The van der Waals surface area contributed by atoms with Crippen molar-refractivity contribution in [1.82, 2.24) is 10.9 Å².